The van der Waals surface area contributed by atoms with Crippen LogP contribution in [0.3, 0.4) is 0 Å². The molecule has 0 amide bonds. The molecule has 0 unspecified atom stereocenters. The minimum atomic E-state index is -4.46. The Labute approximate surface area is 153 Å². The quantitative estimate of drug-likeness (QED) is 0.381. The second-order valence-corrected chi connectivity index (χ2v) is 6.38. The van der Waals surface area contributed by atoms with Crippen molar-refractivity contribution >= 4 is 17.4 Å². The number of benzene rings is 1. The average molecular weight is 395 g/mol. The van der Waals surface area contributed by atoms with Crippen LogP contribution in [0.2, 0.25) is 0 Å². The summed E-state index contributed by atoms with van der Waals surface area (Å²) in [5.41, 5.74) is 0.0586. The van der Waals surface area contributed by atoms with Crippen LogP contribution in [-0.2, 0) is 11.9 Å². The van der Waals surface area contributed by atoms with Gasteiger partial charge in [-0.2, -0.15) is 18.2 Å². The van der Waals surface area contributed by atoms with Crippen molar-refractivity contribution in [2.24, 2.45) is 0 Å². The maximum atomic E-state index is 13.0. The van der Waals surface area contributed by atoms with Crippen molar-refractivity contribution in [3.63, 3.8) is 0 Å². The number of thioether (sulfide) groups is 1. The van der Waals surface area contributed by atoms with E-state index in [4.69, 9.17) is 4.52 Å². The summed E-state index contributed by atoms with van der Waals surface area (Å²) in [6.07, 6.45) is -3.52. The molecule has 0 spiro atoms. The van der Waals surface area contributed by atoms with E-state index >= 15 is 0 Å². The highest BCUT2D eigenvalue weighted by Gasteiger charge is 2.31. The van der Waals surface area contributed by atoms with E-state index in [1.54, 1.807) is 0 Å². The molecule has 3 aromatic heterocycles. The molecule has 0 fully saturated rings. The number of fused-ring (bicyclic) bond motifs is 1. The molecule has 0 saturated heterocycles. The first-order valence-corrected chi connectivity index (χ1v) is 8.52. The molecule has 4 aromatic rings. The standard InChI is InChI=1S/C16H9F4N5OS/c17-11-4-1-9(2-5-11)14-21-12(24-26-14)8-27-15-23-22-13-6-3-10(7-25(13)15)16(18,19)20/h1-7H,8H2. The lowest BCUT2D eigenvalue weighted by molar-refractivity contribution is -0.137. The maximum absolute atomic E-state index is 13.0. The van der Waals surface area contributed by atoms with E-state index in [1.807, 2.05) is 0 Å². The van der Waals surface area contributed by atoms with E-state index in [9.17, 15) is 17.6 Å². The molecule has 138 valence electrons. The summed E-state index contributed by atoms with van der Waals surface area (Å²) >= 11 is 1.12. The van der Waals surface area contributed by atoms with Gasteiger partial charge >= 0.3 is 6.18 Å². The fourth-order valence-electron chi connectivity index (χ4n) is 2.29. The van der Waals surface area contributed by atoms with Gasteiger partial charge < -0.3 is 4.52 Å². The van der Waals surface area contributed by atoms with Crippen LogP contribution in [0, 0.1) is 5.82 Å². The number of aromatic nitrogens is 5. The summed E-state index contributed by atoms with van der Waals surface area (Å²) in [6.45, 7) is 0. The first-order valence-electron chi connectivity index (χ1n) is 7.53. The van der Waals surface area contributed by atoms with E-state index in [0.717, 1.165) is 24.0 Å². The number of alkyl halides is 3. The van der Waals surface area contributed by atoms with Crippen molar-refractivity contribution in [1.29, 1.82) is 0 Å². The van der Waals surface area contributed by atoms with Crippen molar-refractivity contribution in [3.8, 4) is 11.5 Å². The second kappa shape index (κ2) is 6.65. The number of hydrogen-bond donors (Lipinski definition) is 0. The average Bonchev–Trinajstić information content (AvgIpc) is 3.26. The predicted octanol–water partition coefficient (Wildman–Crippen LogP) is 4.23. The van der Waals surface area contributed by atoms with Crippen molar-refractivity contribution < 1.29 is 22.1 Å². The zero-order valence-corrected chi connectivity index (χ0v) is 14.1. The Morgan fingerprint density at radius 1 is 1.04 bits per heavy atom. The van der Waals surface area contributed by atoms with Gasteiger partial charge in [0.05, 0.1) is 11.3 Å². The molecule has 0 atom stereocenters. The summed E-state index contributed by atoms with van der Waals surface area (Å²) in [5, 5.41) is 11.8. The fourth-order valence-corrected chi connectivity index (χ4v) is 3.05. The number of rotatable bonds is 4. The summed E-state index contributed by atoms with van der Waals surface area (Å²) in [5.74, 6) is 0.368. The summed E-state index contributed by atoms with van der Waals surface area (Å²) < 4.78 is 58.0. The van der Waals surface area contributed by atoms with Crippen molar-refractivity contribution in [3.05, 3.63) is 59.8 Å². The number of hydrogen-bond acceptors (Lipinski definition) is 6. The first-order chi connectivity index (χ1) is 12.9. The van der Waals surface area contributed by atoms with Crippen LogP contribution >= 0.6 is 11.8 Å². The van der Waals surface area contributed by atoms with Gasteiger partial charge in [0.15, 0.2) is 16.6 Å². The van der Waals surface area contributed by atoms with E-state index < -0.39 is 11.7 Å². The SMILES string of the molecule is Fc1ccc(-c2nc(CSc3nnc4ccc(C(F)(F)F)cn34)no2)cc1. The van der Waals surface area contributed by atoms with E-state index in [0.29, 0.717) is 17.0 Å². The third-order valence-corrected chi connectivity index (χ3v) is 4.53. The highest BCUT2D eigenvalue weighted by molar-refractivity contribution is 7.98. The molecular weight excluding hydrogens is 386 g/mol. The highest BCUT2D eigenvalue weighted by Crippen LogP contribution is 2.30. The Morgan fingerprint density at radius 2 is 1.81 bits per heavy atom. The van der Waals surface area contributed by atoms with Crippen LogP contribution in [0.25, 0.3) is 17.1 Å². The molecule has 4 rings (SSSR count). The Bertz CT molecular complexity index is 1090. The van der Waals surface area contributed by atoms with Gasteiger partial charge in [0.1, 0.15) is 5.82 Å². The fraction of sp³-hybridized carbons (Fsp3) is 0.125. The number of pyridine rings is 1. The molecule has 0 saturated carbocycles. The van der Waals surface area contributed by atoms with Crippen LogP contribution in [0.5, 0.6) is 0 Å². The lowest BCUT2D eigenvalue weighted by Gasteiger charge is -2.06. The molecule has 0 N–H and O–H groups in total. The molecule has 6 nitrogen and oxygen atoms in total. The van der Waals surface area contributed by atoms with Gasteiger partial charge in [0.25, 0.3) is 5.89 Å². The summed E-state index contributed by atoms with van der Waals surface area (Å²) in [6, 6.07) is 7.76. The van der Waals surface area contributed by atoms with Crippen LogP contribution in [0.1, 0.15) is 11.4 Å². The predicted molar refractivity (Wildman–Crippen MR) is 87.2 cm³/mol. The van der Waals surface area contributed by atoms with Gasteiger partial charge in [0, 0.05) is 11.8 Å². The van der Waals surface area contributed by atoms with E-state index in [-0.39, 0.29) is 22.6 Å². The molecule has 0 bridgehead atoms. The molecule has 0 aliphatic carbocycles. The molecule has 11 heteroatoms. The molecular formula is C16H9F4N5OS. The minimum Gasteiger partial charge on any atom is -0.334 e. The number of halogens is 4. The lowest BCUT2D eigenvalue weighted by atomic mass is 10.2. The smallest absolute Gasteiger partial charge is 0.334 e. The minimum absolute atomic E-state index is 0.210. The Morgan fingerprint density at radius 3 is 2.56 bits per heavy atom. The normalized spacial score (nSPS) is 12.0. The van der Waals surface area contributed by atoms with Crippen molar-refractivity contribution in [2.75, 3.05) is 0 Å². The van der Waals surface area contributed by atoms with Crippen molar-refractivity contribution in [2.45, 2.75) is 17.1 Å². The van der Waals surface area contributed by atoms with Gasteiger partial charge in [-0.15, -0.1) is 10.2 Å². The van der Waals surface area contributed by atoms with E-state index in [1.165, 1.54) is 34.7 Å². The van der Waals surface area contributed by atoms with Crippen LogP contribution in [0.4, 0.5) is 17.6 Å². The zero-order valence-electron chi connectivity index (χ0n) is 13.3. The summed E-state index contributed by atoms with van der Waals surface area (Å²) in [4.78, 5) is 4.19. The maximum Gasteiger partial charge on any atom is 0.417 e. The van der Waals surface area contributed by atoms with Crippen LogP contribution in [-0.4, -0.2) is 24.7 Å². The molecule has 0 aliphatic rings. The Balaban J connectivity index is 1.53. The monoisotopic (exact) mass is 395 g/mol. The second-order valence-electron chi connectivity index (χ2n) is 5.44. The Kier molecular flexibility index (Phi) is 4.30. The van der Waals surface area contributed by atoms with Gasteiger partial charge in [-0.3, -0.25) is 4.40 Å². The lowest BCUT2D eigenvalue weighted by Crippen LogP contribution is -2.06. The largest absolute Gasteiger partial charge is 0.417 e. The Hall–Kier alpha value is -2.95. The topological polar surface area (TPSA) is 69.1 Å². The molecule has 1 aromatic carbocycles. The first kappa shape index (κ1) is 17.5. The molecule has 0 radical (unpaired) electrons. The summed E-state index contributed by atoms with van der Waals surface area (Å²) in [7, 11) is 0. The zero-order chi connectivity index (χ0) is 19.0. The van der Waals surface area contributed by atoms with Gasteiger partial charge in [-0.1, -0.05) is 16.9 Å². The van der Waals surface area contributed by atoms with Gasteiger partial charge in [-0.25, -0.2) is 4.39 Å². The van der Waals surface area contributed by atoms with Crippen LogP contribution in [0.15, 0.2) is 52.3 Å². The van der Waals surface area contributed by atoms with Gasteiger partial charge in [0.2, 0.25) is 0 Å². The molecule has 3 heterocycles. The highest BCUT2D eigenvalue weighted by atomic mass is 32.2. The van der Waals surface area contributed by atoms with Crippen molar-refractivity contribution in [1.82, 2.24) is 24.7 Å². The molecule has 27 heavy (non-hydrogen) atoms. The van der Waals surface area contributed by atoms with Gasteiger partial charge in [-0.05, 0) is 36.4 Å². The number of nitrogens with zero attached hydrogens (tertiary/aromatic N) is 5. The van der Waals surface area contributed by atoms with Crippen LogP contribution < -0.4 is 0 Å². The third kappa shape index (κ3) is 3.63. The molecule has 0 aliphatic heterocycles. The van der Waals surface area contributed by atoms with E-state index in [2.05, 4.69) is 20.3 Å². The third-order valence-electron chi connectivity index (χ3n) is 3.59.